The van der Waals surface area contributed by atoms with Crippen LogP contribution in [0.2, 0.25) is 0 Å². The van der Waals surface area contributed by atoms with Gasteiger partial charge in [0.25, 0.3) is 0 Å². The van der Waals surface area contributed by atoms with Crippen LogP contribution in [0.5, 0.6) is 0 Å². The summed E-state index contributed by atoms with van der Waals surface area (Å²) in [5, 5.41) is 3.52. The van der Waals surface area contributed by atoms with Crippen LogP contribution in [0, 0.1) is 0 Å². The van der Waals surface area contributed by atoms with E-state index in [2.05, 4.69) is 78.8 Å². The first-order valence-corrected chi connectivity index (χ1v) is 6.78. The molecule has 0 aliphatic rings. The maximum atomic E-state index is 3.52. The normalized spacial score (nSPS) is 12.4. The van der Waals surface area contributed by atoms with Crippen LogP contribution in [0.3, 0.4) is 0 Å². The minimum Gasteiger partial charge on any atom is -0.381 e. The zero-order valence-corrected chi connectivity index (χ0v) is 11.7. The summed E-state index contributed by atoms with van der Waals surface area (Å²) in [5.74, 6) is 0. The Bertz CT molecular complexity index is 422. The molecule has 0 aliphatic carbocycles. The molecular formula is C17H22N2. The van der Waals surface area contributed by atoms with Gasteiger partial charge in [-0.25, -0.2) is 0 Å². The first kappa shape index (κ1) is 13.6. The van der Waals surface area contributed by atoms with Crippen molar-refractivity contribution in [3.8, 4) is 0 Å². The predicted molar refractivity (Wildman–Crippen MR) is 82.3 cm³/mol. The summed E-state index contributed by atoms with van der Waals surface area (Å²) in [6, 6.07) is 21.4. The van der Waals surface area contributed by atoms with Crippen LogP contribution < -0.4 is 5.32 Å². The van der Waals surface area contributed by atoms with Crippen LogP contribution >= 0.6 is 0 Å². The summed E-state index contributed by atoms with van der Waals surface area (Å²) in [7, 11) is 2.16. The number of nitrogens with zero attached hydrogens (tertiary/aromatic N) is 1. The summed E-state index contributed by atoms with van der Waals surface area (Å²) in [4.78, 5) is 2.34. The summed E-state index contributed by atoms with van der Waals surface area (Å²) >= 11 is 0. The molecule has 1 atom stereocenters. The fraction of sp³-hybridized carbons (Fsp3) is 0.294. The maximum Gasteiger partial charge on any atom is 0.0360 e. The van der Waals surface area contributed by atoms with Gasteiger partial charge in [0.15, 0.2) is 0 Å². The van der Waals surface area contributed by atoms with E-state index < -0.39 is 0 Å². The number of anilines is 1. The molecule has 0 amide bonds. The average molecular weight is 254 g/mol. The van der Waals surface area contributed by atoms with Crippen molar-refractivity contribution in [1.82, 2.24) is 4.90 Å². The predicted octanol–water partition coefficient (Wildman–Crippen LogP) is 3.62. The van der Waals surface area contributed by atoms with Gasteiger partial charge >= 0.3 is 0 Å². The Hall–Kier alpha value is -1.80. The highest BCUT2D eigenvalue weighted by Crippen LogP contribution is 2.08. The highest BCUT2D eigenvalue weighted by Gasteiger charge is 2.06. The zero-order chi connectivity index (χ0) is 13.5. The van der Waals surface area contributed by atoms with E-state index in [4.69, 9.17) is 0 Å². The van der Waals surface area contributed by atoms with Gasteiger partial charge in [-0.2, -0.15) is 0 Å². The van der Waals surface area contributed by atoms with E-state index in [0.29, 0.717) is 6.04 Å². The molecule has 2 aromatic rings. The minimum absolute atomic E-state index is 0.427. The van der Waals surface area contributed by atoms with Gasteiger partial charge in [0, 0.05) is 24.8 Å². The third kappa shape index (κ3) is 4.76. The van der Waals surface area contributed by atoms with Gasteiger partial charge in [0.05, 0.1) is 0 Å². The average Bonchev–Trinajstić information content (AvgIpc) is 2.40. The number of hydrogen-bond donors (Lipinski definition) is 1. The van der Waals surface area contributed by atoms with E-state index in [-0.39, 0.29) is 0 Å². The maximum absolute atomic E-state index is 3.52. The Kier molecular flexibility index (Phi) is 4.99. The molecule has 0 saturated heterocycles. The molecule has 2 nitrogen and oxygen atoms in total. The summed E-state index contributed by atoms with van der Waals surface area (Å²) in [5.41, 5.74) is 2.54. The van der Waals surface area contributed by atoms with E-state index >= 15 is 0 Å². The smallest absolute Gasteiger partial charge is 0.0360 e. The van der Waals surface area contributed by atoms with Crippen molar-refractivity contribution in [3.05, 3.63) is 66.2 Å². The van der Waals surface area contributed by atoms with Crippen molar-refractivity contribution >= 4 is 5.69 Å². The van der Waals surface area contributed by atoms with Crippen molar-refractivity contribution in [2.24, 2.45) is 0 Å². The third-order valence-corrected chi connectivity index (χ3v) is 3.07. The first-order chi connectivity index (χ1) is 9.24. The molecule has 0 bridgehead atoms. The second-order valence-corrected chi connectivity index (χ2v) is 5.09. The van der Waals surface area contributed by atoms with Gasteiger partial charge in [0.2, 0.25) is 0 Å². The topological polar surface area (TPSA) is 15.3 Å². The highest BCUT2D eigenvalue weighted by molar-refractivity contribution is 5.43. The lowest BCUT2D eigenvalue weighted by Gasteiger charge is -2.23. The lowest BCUT2D eigenvalue weighted by Crippen LogP contribution is -2.31. The van der Waals surface area contributed by atoms with Gasteiger partial charge in [-0.1, -0.05) is 48.5 Å². The molecule has 0 fully saturated rings. The number of rotatable bonds is 6. The lowest BCUT2D eigenvalue weighted by atomic mass is 10.2. The van der Waals surface area contributed by atoms with Crippen LogP contribution in [-0.4, -0.2) is 24.5 Å². The molecule has 100 valence electrons. The van der Waals surface area contributed by atoms with Gasteiger partial charge < -0.3 is 10.2 Å². The molecule has 0 radical (unpaired) electrons. The fourth-order valence-electron chi connectivity index (χ4n) is 2.29. The van der Waals surface area contributed by atoms with Crippen molar-refractivity contribution in [2.75, 3.05) is 18.9 Å². The summed E-state index contributed by atoms with van der Waals surface area (Å²) in [6.45, 7) is 4.22. The van der Waals surface area contributed by atoms with Crippen molar-refractivity contribution < 1.29 is 0 Å². The second kappa shape index (κ2) is 6.95. The van der Waals surface area contributed by atoms with Gasteiger partial charge in [-0.3, -0.25) is 0 Å². The van der Waals surface area contributed by atoms with Gasteiger partial charge in [-0.05, 0) is 31.7 Å². The van der Waals surface area contributed by atoms with Crippen LogP contribution in [0.15, 0.2) is 60.7 Å². The third-order valence-electron chi connectivity index (χ3n) is 3.07. The molecule has 0 aliphatic heterocycles. The molecule has 1 N–H and O–H groups in total. The van der Waals surface area contributed by atoms with Crippen LogP contribution in [0.4, 0.5) is 5.69 Å². The van der Waals surface area contributed by atoms with Crippen LogP contribution in [0.1, 0.15) is 12.5 Å². The first-order valence-electron chi connectivity index (χ1n) is 6.78. The standard InChI is InChI=1S/C17H22N2/c1-15(18-17-11-7-4-8-12-17)13-19(2)14-16-9-5-3-6-10-16/h3-12,15,18H,13-14H2,1-2H3. The van der Waals surface area contributed by atoms with Gasteiger partial charge in [-0.15, -0.1) is 0 Å². The highest BCUT2D eigenvalue weighted by atomic mass is 15.1. The SMILES string of the molecule is CC(CN(C)Cc1ccccc1)Nc1ccccc1. The largest absolute Gasteiger partial charge is 0.381 e. The minimum atomic E-state index is 0.427. The number of para-hydroxylation sites is 1. The van der Waals surface area contributed by atoms with Gasteiger partial charge in [0.1, 0.15) is 0 Å². The Labute approximate surface area is 116 Å². The lowest BCUT2D eigenvalue weighted by molar-refractivity contribution is 0.316. The monoisotopic (exact) mass is 254 g/mol. The van der Waals surface area contributed by atoms with Crippen LogP contribution in [0.25, 0.3) is 0 Å². The zero-order valence-electron chi connectivity index (χ0n) is 11.7. The van der Waals surface area contributed by atoms with E-state index in [9.17, 15) is 0 Å². The van der Waals surface area contributed by atoms with Crippen molar-refractivity contribution in [3.63, 3.8) is 0 Å². The van der Waals surface area contributed by atoms with E-state index in [1.54, 1.807) is 0 Å². The Morgan fingerprint density at radius 3 is 2.16 bits per heavy atom. The summed E-state index contributed by atoms with van der Waals surface area (Å²) < 4.78 is 0. The van der Waals surface area contributed by atoms with E-state index in [0.717, 1.165) is 13.1 Å². The van der Waals surface area contributed by atoms with E-state index in [1.165, 1.54) is 11.3 Å². The number of hydrogen-bond acceptors (Lipinski definition) is 2. The second-order valence-electron chi connectivity index (χ2n) is 5.09. The number of likely N-dealkylation sites (N-methyl/N-ethyl adjacent to an activating group) is 1. The molecular weight excluding hydrogens is 232 g/mol. The summed E-state index contributed by atoms with van der Waals surface area (Å²) in [6.07, 6.45) is 0. The fourth-order valence-corrected chi connectivity index (χ4v) is 2.29. The molecule has 0 heterocycles. The number of benzene rings is 2. The van der Waals surface area contributed by atoms with Crippen molar-refractivity contribution in [1.29, 1.82) is 0 Å². The number of nitrogens with one attached hydrogen (secondary N) is 1. The Balaban J connectivity index is 1.80. The molecule has 2 rings (SSSR count). The molecule has 19 heavy (non-hydrogen) atoms. The quantitative estimate of drug-likeness (QED) is 0.847. The molecule has 1 unspecified atom stereocenters. The molecule has 2 heteroatoms. The molecule has 0 aromatic heterocycles. The van der Waals surface area contributed by atoms with E-state index in [1.807, 2.05) is 6.07 Å². The Morgan fingerprint density at radius 2 is 1.53 bits per heavy atom. The molecule has 0 saturated carbocycles. The van der Waals surface area contributed by atoms with Crippen molar-refractivity contribution in [2.45, 2.75) is 19.5 Å². The van der Waals surface area contributed by atoms with Crippen LogP contribution in [-0.2, 0) is 6.54 Å². The molecule has 0 spiro atoms. The Morgan fingerprint density at radius 1 is 0.947 bits per heavy atom. The molecule has 2 aromatic carbocycles.